The van der Waals surface area contributed by atoms with Crippen LogP contribution in [0.15, 0.2) is 66.0 Å². The molecule has 0 unspecified atom stereocenters. The van der Waals surface area contributed by atoms with Gasteiger partial charge >= 0.3 is 0 Å². The first-order valence-electron chi connectivity index (χ1n) is 8.63. The first-order chi connectivity index (χ1) is 14.2. The fourth-order valence-electron chi connectivity index (χ4n) is 2.54. The first-order valence-corrected chi connectivity index (χ1v) is 10.4. The lowest BCUT2D eigenvalue weighted by atomic mass is 10.1. The second-order valence-electron chi connectivity index (χ2n) is 5.98. The van der Waals surface area contributed by atoms with Crippen molar-refractivity contribution in [2.45, 2.75) is 11.6 Å². The molecule has 10 heteroatoms. The molecule has 0 aliphatic carbocycles. The smallest absolute Gasteiger partial charge is 0.236 e. The zero-order chi connectivity index (χ0) is 20.1. The van der Waals surface area contributed by atoms with E-state index in [9.17, 15) is 9.18 Å². The summed E-state index contributed by atoms with van der Waals surface area (Å²) in [6.45, 7) is 0. The highest BCUT2D eigenvalue weighted by Crippen LogP contribution is 2.22. The Morgan fingerprint density at radius 1 is 1.14 bits per heavy atom. The van der Waals surface area contributed by atoms with E-state index >= 15 is 0 Å². The Morgan fingerprint density at radius 2 is 1.93 bits per heavy atom. The number of tetrazole rings is 1. The normalized spacial score (nSPS) is 10.8. The molecule has 1 amide bonds. The Balaban J connectivity index is 1.32. The predicted octanol–water partition coefficient (Wildman–Crippen LogP) is 3.58. The molecule has 0 radical (unpaired) electrons. The summed E-state index contributed by atoms with van der Waals surface area (Å²) in [5.74, 6) is -0.304. The Kier molecular flexibility index (Phi) is 5.92. The molecule has 29 heavy (non-hydrogen) atoms. The van der Waals surface area contributed by atoms with E-state index in [-0.39, 0.29) is 17.5 Å². The summed E-state index contributed by atoms with van der Waals surface area (Å²) in [4.78, 5) is 17.5. The van der Waals surface area contributed by atoms with Crippen LogP contribution in [-0.2, 0) is 11.2 Å². The maximum absolute atomic E-state index is 13.0. The molecule has 0 bridgehead atoms. The van der Waals surface area contributed by atoms with E-state index in [1.54, 1.807) is 23.0 Å². The van der Waals surface area contributed by atoms with Gasteiger partial charge in [-0.2, -0.15) is 4.68 Å². The van der Waals surface area contributed by atoms with Gasteiger partial charge in [-0.3, -0.25) is 4.79 Å². The third kappa shape index (κ3) is 5.04. The van der Waals surface area contributed by atoms with E-state index < -0.39 is 0 Å². The van der Waals surface area contributed by atoms with E-state index in [2.05, 4.69) is 25.8 Å². The van der Waals surface area contributed by atoms with Gasteiger partial charge in [0.1, 0.15) is 5.82 Å². The molecule has 7 nitrogen and oxygen atoms in total. The molecule has 0 spiro atoms. The van der Waals surface area contributed by atoms with Crippen molar-refractivity contribution in [3.05, 3.63) is 77.1 Å². The summed E-state index contributed by atoms with van der Waals surface area (Å²) in [6.07, 6.45) is 2.35. The summed E-state index contributed by atoms with van der Waals surface area (Å²) >= 11 is 2.63. The molecule has 2 aromatic heterocycles. The van der Waals surface area contributed by atoms with Crippen molar-refractivity contribution in [3.63, 3.8) is 0 Å². The maximum atomic E-state index is 13.0. The van der Waals surface area contributed by atoms with E-state index in [1.165, 1.54) is 35.2 Å². The highest BCUT2D eigenvalue weighted by molar-refractivity contribution is 7.99. The van der Waals surface area contributed by atoms with Crippen molar-refractivity contribution in [3.8, 4) is 5.69 Å². The van der Waals surface area contributed by atoms with Gasteiger partial charge in [0.15, 0.2) is 5.13 Å². The fourth-order valence-corrected chi connectivity index (χ4v) is 4.09. The van der Waals surface area contributed by atoms with Crippen LogP contribution in [-0.4, -0.2) is 36.9 Å². The number of anilines is 1. The molecule has 0 aliphatic heterocycles. The van der Waals surface area contributed by atoms with Crippen molar-refractivity contribution in [2.24, 2.45) is 0 Å². The largest absolute Gasteiger partial charge is 0.301 e. The minimum Gasteiger partial charge on any atom is -0.301 e. The number of thioether (sulfide) groups is 1. The molecular weight excluding hydrogens is 411 g/mol. The van der Waals surface area contributed by atoms with Gasteiger partial charge in [0.2, 0.25) is 11.1 Å². The molecule has 146 valence electrons. The molecule has 2 heterocycles. The quantitative estimate of drug-likeness (QED) is 0.455. The minimum absolute atomic E-state index is 0.153. The number of rotatable bonds is 7. The standard InChI is InChI=1S/C19H15FN6OS2/c20-14-8-6-13(7-9-14)10-16-11-21-18(29-16)22-17(27)12-28-19-23-24-25-26(19)15-4-2-1-3-5-15/h1-9,11H,10,12H2,(H,21,22,27). The Morgan fingerprint density at radius 3 is 2.72 bits per heavy atom. The van der Waals surface area contributed by atoms with Gasteiger partial charge in [0.05, 0.1) is 11.4 Å². The monoisotopic (exact) mass is 426 g/mol. The molecule has 1 N–H and O–H groups in total. The van der Waals surface area contributed by atoms with Crippen LogP contribution in [0.3, 0.4) is 0 Å². The van der Waals surface area contributed by atoms with Gasteiger partial charge < -0.3 is 5.32 Å². The summed E-state index contributed by atoms with van der Waals surface area (Å²) in [5.41, 5.74) is 1.81. The zero-order valence-electron chi connectivity index (χ0n) is 15.0. The van der Waals surface area contributed by atoms with E-state index in [4.69, 9.17) is 0 Å². The number of benzene rings is 2. The Labute approximate surface area is 174 Å². The lowest BCUT2D eigenvalue weighted by molar-refractivity contribution is -0.113. The number of thiazole rings is 1. The SMILES string of the molecule is O=C(CSc1nnnn1-c1ccccc1)Nc1ncc(Cc2ccc(F)cc2)s1. The number of aromatic nitrogens is 5. The van der Waals surface area contributed by atoms with Crippen molar-refractivity contribution in [2.75, 3.05) is 11.1 Å². The van der Waals surface area contributed by atoms with Crippen LogP contribution in [0.1, 0.15) is 10.4 Å². The number of hydrogen-bond donors (Lipinski definition) is 1. The van der Waals surface area contributed by atoms with E-state index in [0.717, 1.165) is 16.1 Å². The van der Waals surface area contributed by atoms with Crippen molar-refractivity contribution < 1.29 is 9.18 Å². The van der Waals surface area contributed by atoms with Gasteiger partial charge in [0.25, 0.3) is 0 Å². The lowest BCUT2D eigenvalue weighted by Gasteiger charge is -2.04. The van der Waals surface area contributed by atoms with Crippen LogP contribution < -0.4 is 5.32 Å². The predicted molar refractivity (Wildman–Crippen MR) is 110 cm³/mol. The van der Waals surface area contributed by atoms with Gasteiger partial charge in [-0.25, -0.2) is 9.37 Å². The molecule has 4 rings (SSSR count). The Hall–Kier alpha value is -3.11. The van der Waals surface area contributed by atoms with E-state index in [1.807, 2.05) is 30.3 Å². The van der Waals surface area contributed by atoms with Crippen LogP contribution in [0.4, 0.5) is 9.52 Å². The highest BCUT2D eigenvalue weighted by Gasteiger charge is 2.13. The minimum atomic E-state index is -0.262. The first kappa shape index (κ1) is 19.2. The fraction of sp³-hybridized carbons (Fsp3) is 0.105. The average Bonchev–Trinajstić information content (AvgIpc) is 3.38. The van der Waals surface area contributed by atoms with Gasteiger partial charge in [0, 0.05) is 17.5 Å². The molecule has 4 aromatic rings. The molecular formula is C19H15FN6OS2. The van der Waals surface area contributed by atoms with Gasteiger partial charge in [-0.15, -0.1) is 16.4 Å². The average molecular weight is 427 g/mol. The lowest BCUT2D eigenvalue weighted by Crippen LogP contribution is -2.14. The number of para-hydroxylation sites is 1. The number of amides is 1. The Bertz CT molecular complexity index is 1100. The second-order valence-corrected chi connectivity index (χ2v) is 8.04. The third-order valence-corrected chi connectivity index (χ3v) is 5.70. The zero-order valence-corrected chi connectivity index (χ0v) is 16.7. The molecule has 0 aliphatic rings. The summed E-state index contributed by atoms with van der Waals surface area (Å²) in [5, 5.41) is 15.5. The van der Waals surface area contributed by atoms with Gasteiger partial charge in [-0.1, -0.05) is 42.1 Å². The van der Waals surface area contributed by atoms with Gasteiger partial charge in [-0.05, 0) is 40.3 Å². The van der Waals surface area contributed by atoms with Crippen molar-refractivity contribution in [1.29, 1.82) is 0 Å². The molecule has 0 saturated heterocycles. The highest BCUT2D eigenvalue weighted by atomic mass is 32.2. The molecule has 0 atom stereocenters. The second kappa shape index (κ2) is 8.93. The number of carbonyl (C=O) groups excluding carboxylic acids is 1. The van der Waals surface area contributed by atoms with Crippen molar-refractivity contribution in [1.82, 2.24) is 25.2 Å². The van der Waals surface area contributed by atoms with Crippen LogP contribution in [0.5, 0.6) is 0 Å². The summed E-state index contributed by atoms with van der Waals surface area (Å²) < 4.78 is 14.6. The topological polar surface area (TPSA) is 85.6 Å². The molecule has 0 fully saturated rings. The summed E-state index contributed by atoms with van der Waals surface area (Å²) in [7, 11) is 0. The number of nitrogens with one attached hydrogen (secondary N) is 1. The number of nitrogens with zero attached hydrogens (tertiary/aromatic N) is 5. The number of halogens is 1. The maximum Gasteiger partial charge on any atom is 0.236 e. The van der Waals surface area contributed by atoms with Crippen molar-refractivity contribution >= 4 is 34.1 Å². The molecule has 0 saturated carbocycles. The van der Waals surface area contributed by atoms with Crippen LogP contribution in [0.2, 0.25) is 0 Å². The van der Waals surface area contributed by atoms with Crippen LogP contribution in [0, 0.1) is 5.82 Å². The van der Waals surface area contributed by atoms with E-state index in [0.29, 0.717) is 16.7 Å². The summed E-state index contributed by atoms with van der Waals surface area (Å²) in [6, 6.07) is 15.8. The van der Waals surface area contributed by atoms with Crippen LogP contribution >= 0.6 is 23.1 Å². The third-order valence-electron chi connectivity index (χ3n) is 3.87. The number of hydrogen-bond acceptors (Lipinski definition) is 7. The number of carbonyl (C=O) groups is 1. The van der Waals surface area contributed by atoms with Crippen LogP contribution in [0.25, 0.3) is 5.69 Å². The molecule has 2 aromatic carbocycles.